The molecule has 2 saturated heterocycles. The Bertz CT molecular complexity index is 2480. The van der Waals surface area contributed by atoms with Crippen LogP contribution >= 0.6 is 58.1 Å². The number of nitrogens with zero attached hydrogens (tertiary/aromatic N) is 5. The van der Waals surface area contributed by atoms with Crippen molar-refractivity contribution in [3.8, 4) is 0 Å². The average molecular weight is 815 g/mol. The molecule has 1 aromatic heterocycles. The number of thioether (sulfide) groups is 1. The largest absolute Gasteiger partial charge is 0.283 e. The first-order valence-corrected chi connectivity index (χ1v) is 20.3. The highest BCUT2D eigenvalue weighted by atomic mass is 35.5. The Morgan fingerprint density at radius 2 is 1.54 bits per heavy atom. The molecule has 0 unspecified atom stereocenters. The van der Waals surface area contributed by atoms with Gasteiger partial charge in [0.2, 0.25) is 11.8 Å². The van der Waals surface area contributed by atoms with E-state index in [-0.39, 0.29) is 35.2 Å². The van der Waals surface area contributed by atoms with E-state index in [4.69, 9.17) is 28.2 Å². The predicted molar refractivity (Wildman–Crippen MR) is 217 cm³/mol. The van der Waals surface area contributed by atoms with Gasteiger partial charge in [0.15, 0.2) is 9.51 Å². The second-order valence-electron chi connectivity index (χ2n) is 13.2. The smallest absolute Gasteiger partial charge is 0.274 e. The second-order valence-corrected chi connectivity index (χ2v) is 17.4. The van der Waals surface area contributed by atoms with E-state index in [0.29, 0.717) is 57.5 Å². The number of nitro groups is 1. The molecular formula is C39H29Cl2N5O5S3. The standard InChI is InChI=1S/C39H29Cl2N5O5S3/c1-20-7-10-23(17-28(20)40)42-38-45(24-11-8-21(2)29(41)18-24)37(49)34(52-38)16-22-9-14-32(31(15-22)46(50)51)53-39-43-30-13-12-25(19-33(30)54-39)44-35(47)26-5-3-4-6-27(26)36(44)48/h7-19,26-27H,3-6H2,1-2H3/b34-16-,42-38?/t26-,27+. The molecule has 54 heavy (non-hydrogen) atoms. The molecule has 3 fully saturated rings. The van der Waals surface area contributed by atoms with Crippen LogP contribution in [0.2, 0.25) is 10.0 Å². The highest BCUT2D eigenvalue weighted by Gasteiger charge is 2.48. The van der Waals surface area contributed by atoms with Gasteiger partial charge >= 0.3 is 0 Å². The molecule has 272 valence electrons. The minimum absolute atomic E-state index is 0.140. The Morgan fingerprint density at radius 3 is 2.22 bits per heavy atom. The Kier molecular flexibility index (Phi) is 9.86. The summed E-state index contributed by atoms with van der Waals surface area (Å²) in [5.41, 5.74) is 4.33. The van der Waals surface area contributed by atoms with E-state index in [9.17, 15) is 24.5 Å². The van der Waals surface area contributed by atoms with Crippen LogP contribution < -0.4 is 9.80 Å². The normalized spacial score (nSPS) is 20.2. The summed E-state index contributed by atoms with van der Waals surface area (Å²) in [4.78, 5) is 65.1. The number of carbonyl (C=O) groups excluding carboxylic acids is 3. The van der Waals surface area contributed by atoms with Crippen LogP contribution in [0.25, 0.3) is 16.3 Å². The first kappa shape index (κ1) is 36.4. The number of fused-ring (bicyclic) bond motifs is 2. The summed E-state index contributed by atoms with van der Waals surface area (Å²) in [6.07, 6.45) is 4.98. The number of aryl methyl sites for hydroxylation is 2. The van der Waals surface area contributed by atoms with Crippen molar-refractivity contribution in [2.24, 2.45) is 16.8 Å². The van der Waals surface area contributed by atoms with Crippen molar-refractivity contribution in [3.63, 3.8) is 0 Å². The summed E-state index contributed by atoms with van der Waals surface area (Å²) in [5, 5.41) is 13.8. The van der Waals surface area contributed by atoms with Crippen molar-refractivity contribution < 1.29 is 19.3 Å². The maximum atomic E-state index is 14.0. The average Bonchev–Trinajstić information content (AvgIpc) is 3.77. The van der Waals surface area contributed by atoms with E-state index < -0.39 is 4.92 Å². The van der Waals surface area contributed by atoms with Gasteiger partial charge in [-0.25, -0.2) is 9.98 Å². The molecule has 8 rings (SSSR count). The SMILES string of the molecule is Cc1ccc(N=C2S/C(=C\c3ccc(Sc4nc5ccc(N6C(=O)[C@H]7CCCC[C@H]7C6=O)cc5s4)c([N+](=O)[O-])c3)C(=O)N2c2ccc(C)c(Cl)c2)cc1Cl. The van der Waals surface area contributed by atoms with Crippen LogP contribution in [0.4, 0.5) is 22.7 Å². The second kappa shape index (κ2) is 14.6. The third-order valence-corrected chi connectivity index (χ3v) is 13.7. The monoisotopic (exact) mass is 813 g/mol. The summed E-state index contributed by atoms with van der Waals surface area (Å²) < 4.78 is 1.33. The lowest BCUT2D eigenvalue weighted by Gasteiger charge is -2.19. The van der Waals surface area contributed by atoms with E-state index in [0.717, 1.165) is 65.0 Å². The number of imide groups is 1. The van der Waals surface area contributed by atoms with Gasteiger partial charge < -0.3 is 0 Å². The van der Waals surface area contributed by atoms with Gasteiger partial charge in [-0.2, -0.15) is 0 Å². The van der Waals surface area contributed by atoms with Gasteiger partial charge in [0.05, 0.1) is 53.8 Å². The molecule has 4 aromatic carbocycles. The highest BCUT2D eigenvalue weighted by molar-refractivity contribution is 8.19. The number of nitro benzene ring substituents is 1. The molecule has 0 bridgehead atoms. The lowest BCUT2D eigenvalue weighted by molar-refractivity contribution is -0.387. The van der Waals surface area contributed by atoms with Gasteiger partial charge in [-0.05, 0) is 110 Å². The zero-order valence-corrected chi connectivity index (χ0v) is 32.7. The van der Waals surface area contributed by atoms with Gasteiger partial charge in [-0.1, -0.05) is 66.0 Å². The van der Waals surface area contributed by atoms with Crippen molar-refractivity contribution in [1.82, 2.24) is 4.98 Å². The van der Waals surface area contributed by atoms with E-state index >= 15 is 0 Å². The number of carbonyl (C=O) groups is 3. The fourth-order valence-corrected chi connectivity index (χ4v) is 10.3. The summed E-state index contributed by atoms with van der Waals surface area (Å²) in [6.45, 7) is 3.76. The van der Waals surface area contributed by atoms with Gasteiger partial charge in [0.25, 0.3) is 11.6 Å². The highest BCUT2D eigenvalue weighted by Crippen LogP contribution is 2.44. The third kappa shape index (κ3) is 6.83. The number of hydrogen-bond donors (Lipinski definition) is 0. The molecule has 3 aliphatic rings. The molecule has 1 aliphatic carbocycles. The number of aliphatic imine (C=N–C) groups is 1. The number of rotatable bonds is 7. The Balaban J connectivity index is 1.08. The summed E-state index contributed by atoms with van der Waals surface area (Å²) in [7, 11) is 0. The Labute approximate surface area is 332 Å². The van der Waals surface area contributed by atoms with Crippen molar-refractivity contribution in [2.45, 2.75) is 48.8 Å². The molecular weight excluding hydrogens is 786 g/mol. The van der Waals surface area contributed by atoms with Crippen molar-refractivity contribution in [3.05, 3.63) is 115 Å². The molecule has 15 heteroatoms. The quantitative estimate of drug-likeness (QED) is 0.0688. The van der Waals surface area contributed by atoms with Crippen LogP contribution in [0.15, 0.2) is 91.9 Å². The number of aromatic nitrogens is 1. The van der Waals surface area contributed by atoms with Gasteiger partial charge in [0.1, 0.15) is 0 Å². The van der Waals surface area contributed by atoms with Crippen LogP contribution in [0.3, 0.4) is 0 Å². The van der Waals surface area contributed by atoms with Crippen LogP contribution in [0, 0.1) is 35.8 Å². The maximum Gasteiger partial charge on any atom is 0.283 e. The molecule has 0 N–H and O–H groups in total. The number of halogens is 2. The molecule has 3 heterocycles. The van der Waals surface area contributed by atoms with E-state index in [2.05, 4.69) is 4.98 Å². The zero-order chi connectivity index (χ0) is 37.8. The topological polar surface area (TPSA) is 126 Å². The maximum absolute atomic E-state index is 14.0. The predicted octanol–water partition coefficient (Wildman–Crippen LogP) is 10.8. The summed E-state index contributed by atoms with van der Waals surface area (Å²) in [6, 6.07) is 20.8. The van der Waals surface area contributed by atoms with E-state index in [1.165, 1.54) is 27.2 Å². The lowest BCUT2D eigenvalue weighted by Crippen LogP contribution is -2.30. The first-order valence-electron chi connectivity index (χ1n) is 17.0. The fourth-order valence-electron chi connectivity index (χ4n) is 6.85. The Morgan fingerprint density at radius 1 is 0.870 bits per heavy atom. The molecule has 0 radical (unpaired) electrons. The molecule has 2 aliphatic heterocycles. The van der Waals surface area contributed by atoms with Crippen molar-refractivity contribution in [1.29, 1.82) is 0 Å². The van der Waals surface area contributed by atoms with Crippen LogP contribution in [-0.4, -0.2) is 32.8 Å². The summed E-state index contributed by atoms with van der Waals surface area (Å²) >= 11 is 16.4. The van der Waals surface area contributed by atoms with Gasteiger partial charge in [-0.15, -0.1) is 11.3 Å². The van der Waals surface area contributed by atoms with Crippen LogP contribution in [0.1, 0.15) is 42.4 Å². The fraction of sp³-hybridized carbons (Fsp3) is 0.205. The first-order chi connectivity index (χ1) is 25.9. The number of amides is 3. The molecule has 10 nitrogen and oxygen atoms in total. The summed E-state index contributed by atoms with van der Waals surface area (Å²) in [5.74, 6) is -1.14. The van der Waals surface area contributed by atoms with Crippen LogP contribution in [-0.2, 0) is 14.4 Å². The number of hydrogen-bond acceptors (Lipinski definition) is 10. The third-order valence-electron chi connectivity index (χ3n) is 9.73. The molecule has 2 atom stereocenters. The number of amidine groups is 1. The van der Waals surface area contributed by atoms with Gasteiger partial charge in [-0.3, -0.25) is 34.3 Å². The molecule has 1 saturated carbocycles. The van der Waals surface area contributed by atoms with Crippen molar-refractivity contribution in [2.75, 3.05) is 9.80 Å². The minimum atomic E-state index is -0.460. The number of anilines is 2. The lowest BCUT2D eigenvalue weighted by atomic mass is 9.81. The van der Waals surface area contributed by atoms with E-state index in [1.54, 1.807) is 54.6 Å². The Hall–Kier alpha value is -4.53. The molecule has 0 spiro atoms. The van der Waals surface area contributed by atoms with Crippen LogP contribution in [0.5, 0.6) is 0 Å². The number of benzene rings is 4. The number of thiazole rings is 1. The molecule has 3 amide bonds. The van der Waals surface area contributed by atoms with Gasteiger partial charge in [0, 0.05) is 16.1 Å². The molecule has 5 aromatic rings. The minimum Gasteiger partial charge on any atom is -0.274 e. The zero-order valence-electron chi connectivity index (χ0n) is 28.7. The van der Waals surface area contributed by atoms with E-state index in [1.807, 2.05) is 32.0 Å². The van der Waals surface area contributed by atoms with Crippen molar-refractivity contribution >= 4 is 120 Å².